The van der Waals surface area contributed by atoms with Crippen molar-refractivity contribution >= 4 is 16.9 Å². The summed E-state index contributed by atoms with van der Waals surface area (Å²) in [6, 6.07) is 15.7. The van der Waals surface area contributed by atoms with Gasteiger partial charge in [0.25, 0.3) is 0 Å². The largest absolute Gasteiger partial charge is 0.497 e. The number of carbonyl (C=O) groups excluding carboxylic acids is 1. The van der Waals surface area contributed by atoms with Gasteiger partial charge < -0.3 is 18.9 Å². The second kappa shape index (κ2) is 7.31. The van der Waals surface area contributed by atoms with Crippen molar-refractivity contribution in [1.82, 2.24) is 14.5 Å². The van der Waals surface area contributed by atoms with Gasteiger partial charge in [0.15, 0.2) is 0 Å². The van der Waals surface area contributed by atoms with Crippen LogP contribution in [-0.2, 0) is 11.3 Å². The summed E-state index contributed by atoms with van der Waals surface area (Å²) in [6.45, 7) is 1.89. The number of likely N-dealkylation sites (N-methyl/N-ethyl adjacent to an activating group) is 1. The maximum Gasteiger partial charge on any atom is 0.223 e. The minimum atomic E-state index is 0.117. The summed E-state index contributed by atoms with van der Waals surface area (Å²) < 4.78 is 13.4. The maximum absolute atomic E-state index is 12.0. The molecule has 0 radical (unpaired) electrons. The number of aromatic nitrogens is 2. The molecule has 1 atom stereocenters. The van der Waals surface area contributed by atoms with Gasteiger partial charge in [0.05, 0.1) is 24.7 Å². The molecule has 1 amide bonds. The molecule has 1 saturated heterocycles. The Balaban J connectivity index is 1.56. The third kappa shape index (κ3) is 3.47. The van der Waals surface area contributed by atoms with Gasteiger partial charge in [0.2, 0.25) is 5.91 Å². The van der Waals surface area contributed by atoms with Crippen molar-refractivity contribution in [3.05, 3.63) is 54.4 Å². The second-order valence-corrected chi connectivity index (χ2v) is 6.81. The lowest BCUT2D eigenvalue weighted by Gasteiger charge is -2.14. The van der Waals surface area contributed by atoms with E-state index < -0.39 is 0 Å². The molecule has 1 aromatic heterocycles. The van der Waals surface area contributed by atoms with Gasteiger partial charge in [-0.25, -0.2) is 4.98 Å². The lowest BCUT2D eigenvalue weighted by molar-refractivity contribution is -0.126. The van der Waals surface area contributed by atoms with E-state index in [9.17, 15) is 4.79 Å². The number of hydrogen-bond donors (Lipinski definition) is 0. The second-order valence-electron chi connectivity index (χ2n) is 6.81. The van der Waals surface area contributed by atoms with E-state index in [-0.39, 0.29) is 11.8 Å². The molecular weight excluding hydrogens is 342 g/mol. The highest BCUT2D eigenvalue weighted by molar-refractivity contribution is 5.80. The highest BCUT2D eigenvalue weighted by Gasteiger charge is 2.31. The summed E-state index contributed by atoms with van der Waals surface area (Å²) in [6.07, 6.45) is 0.510. The van der Waals surface area contributed by atoms with Crippen molar-refractivity contribution in [2.24, 2.45) is 0 Å². The Morgan fingerprint density at radius 1 is 1.15 bits per heavy atom. The summed E-state index contributed by atoms with van der Waals surface area (Å²) in [5.41, 5.74) is 2.03. The van der Waals surface area contributed by atoms with Gasteiger partial charge >= 0.3 is 0 Å². The Hall–Kier alpha value is -3.02. The summed E-state index contributed by atoms with van der Waals surface area (Å²) in [5, 5.41) is 0. The van der Waals surface area contributed by atoms with Crippen molar-refractivity contribution in [2.45, 2.75) is 18.9 Å². The van der Waals surface area contributed by atoms with Crippen LogP contribution in [0.2, 0.25) is 0 Å². The number of imidazole rings is 1. The molecule has 1 aliphatic heterocycles. The number of methoxy groups -OCH3 is 1. The number of carbonyl (C=O) groups is 1. The van der Waals surface area contributed by atoms with Gasteiger partial charge in [-0.15, -0.1) is 0 Å². The van der Waals surface area contributed by atoms with E-state index in [0.717, 1.165) is 28.4 Å². The van der Waals surface area contributed by atoms with Crippen LogP contribution in [0.4, 0.5) is 0 Å². The molecule has 1 unspecified atom stereocenters. The van der Waals surface area contributed by atoms with Crippen LogP contribution < -0.4 is 9.47 Å². The van der Waals surface area contributed by atoms with Gasteiger partial charge in [-0.2, -0.15) is 0 Å². The fraction of sp³-hybridized carbons (Fsp3) is 0.333. The first kappa shape index (κ1) is 17.4. The molecule has 0 aliphatic carbocycles. The van der Waals surface area contributed by atoms with E-state index in [2.05, 4.69) is 10.6 Å². The van der Waals surface area contributed by atoms with Crippen LogP contribution >= 0.6 is 0 Å². The Morgan fingerprint density at radius 3 is 2.74 bits per heavy atom. The quantitative estimate of drug-likeness (QED) is 0.674. The normalized spacial score (nSPS) is 16.9. The third-order valence-electron chi connectivity index (χ3n) is 5.02. The van der Waals surface area contributed by atoms with Gasteiger partial charge in [-0.1, -0.05) is 18.2 Å². The van der Waals surface area contributed by atoms with E-state index in [1.165, 1.54) is 0 Å². The predicted molar refractivity (Wildman–Crippen MR) is 103 cm³/mol. The number of benzene rings is 2. The first-order valence-electron chi connectivity index (χ1n) is 9.11. The molecular formula is C21H23N3O3. The molecule has 0 spiro atoms. The van der Waals surface area contributed by atoms with Gasteiger partial charge in [0.1, 0.15) is 23.9 Å². The van der Waals surface area contributed by atoms with Crippen molar-refractivity contribution in [3.63, 3.8) is 0 Å². The lowest BCUT2D eigenvalue weighted by atomic mass is 10.1. The first-order chi connectivity index (χ1) is 13.2. The molecule has 3 aromatic rings. The average Bonchev–Trinajstić information content (AvgIpc) is 3.22. The zero-order valence-electron chi connectivity index (χ0n) is 15.6. The summed E-state index contributed by atoms with van der Waals surface area (Å²) in [7, 11) is 3.49. The van der Waals surface area contributed by atoms with Crippen LogP contribution in [0.25, 0.3) is 11.0 Å². The maximum atomic E-state index is 12.0. The highest BCUT2D eigenvalue weighted by atomic mass is 16.5. The van der Waals surface area contributed by atoms with Crippen LogP contribution in [0.3, 0.4) is 0 Å². The number of ether oxygens (including phenoxy) is 2. The summed E-state index contributed by atoms with van der Waals surface area (Å²) in [5.74, 6) is 2.80. The Labute approximate surface area is 158 Å². The van der Waals surface area contributed by atoms with E-state index in [1.807, 2.05) is 49.5 Å². The fourth-order valence-corrected chi connectivity index (χ4v) is 3.62. The number of fused-ring (bicyclic) bond motifs is 1. The molecule has 4 rings (SSSR count). The van der Waals surface area contributed by atoms with E-state index in [0.29, 0.717) is 26.1 Å². The number of nitrogens with zero attached hydrogens (tertiary/aromatic N) is 3. The lowest BCUT2D eigenvalue weighted by Crippen LogP contribution is -2.19. The third-order valence-corrected chi connectivity index (χ3v) is 5.02. The molecule has 1 fully saturated rings. The fourth-order valence-electron chi connectivity index (χ4n) is 3.62. The number of amides is 1. The predicted octanol–water partition coefficient (Wildman–Crippen LogP) is 3.07. The van der Waals surface area contributed by atoms with Crippen molar-refractivity contribution in [1.29, 1.82) is 0 Å². The highest BCUT2D eigenvalue weighted by Crippen LogP contribution is 2.29. The van der Waals surface area contributed by atoms with Crippen LogP contribution in [-0.4, -0.2) is 47.7 Å². The van der Waals surface area contributed by atoms with Gasteiger partial charge in [-0.05, 0) is 24.3 Å². The molecule has 6 nitrogen and oxygen atoms in total. The van der Waals surface area contributed by atoms with Gasteiger partial charge in [-0.3, -0.25) is 4.79 Å². The molecule has 0 saturated carbocycles. The zero-order chi connectivity index (χ0) is 18.8. The van der Waals surface area contributed by atoms with Crippen molar-refractivity contribution in [2.75, 3.05) is 27.3 Å². The summed E-state index contributed by atoms with van der Waals surface area (Å²) in [4.78, 5) is 18.6. The SMILES string of the molecule is COc1cccc(OCCn2c(C3CC(=O)N(C)C3)nc3ccccc32)c1. The van der Waals surface area contributed by atoms with Crippen LogP contribution in [0, 0.1) is 0 Å². The van der Waals surface area contributed by atoms with Crippen LogP contribution in [0.15, 0.2) is 48.5 Å². The van der Waals surface area contributed by atoms with Crippen LogP contribution in [0.5, 0.6) is 11.5 Å². The topological polar surface area (TPSA) is 56.6 Å². The van der Waals surface area contributed by atoms with E-state index in [4.69, 9.17) is 14.5 Å². The van der Waals surface area contributed by atoms with Crippen LogP contribution in [0.1, 0.15) is 18.2 Å². The minimum Gasteiger partial charge on any atom is -0.497 e. The monoisotopic (exact) mass is 365 g/mol. The van der Waals surface area contributed by atoms with E-state index >= 15 is 0 Å². The number of rotatable bonds is 6. The summed E-state index contributed by atoms with van der Waals surface area (Å²) >= 11 is 0. The molecule has 0 N–H and O–H groups in total. The molecule has 6 heteroatoms. The van der Waals surface area contributed by atoms with E-state index in [1.54, 1.807) is 12.0 Å². The van der Waals surface area contributed by atoms with Crippen molar-refractivity contribution in [3.8, 4) is 11.5 Å². The first-order valence-corrected chi connectivity index (χ1v) is 9.11. The molecule has 140 valence electrons. The Morgan fingerprint density at radius 2 is 1.96 bits per heavy atom. The number of likely N-dealkylation sites (tertiary alicyclic amines) is 1. The minimum absolute atomic E-state index is 0.117. The number of hydrogen-bond acceptors (Lipinski definition) is 4. The molecule has 1 aliphatic rings. The molecule has 27 heavy (non-hydrogen) atoms. The molecule has 2 heterocycles. The zero-order valence-corrected chi connectivity index (χ0v) is 15.6. The molecule has 0 bridgehead atoms. The smallest absolute Gasteiger partial charge is 0.223 e. The number of para-hydroxylation sites is 2. The van der Waals surface area contributed by atoms with Crippen molar-refractivity contribution < 1.29 is 14.3 Å². The Bertz CT molecular complexity index is 966. The Kier molecular flexibility index (Phi) is 4.71. The molecule has 2 aromatic carbocycles. The van der Waals surface area contributed by atoms with Gasteiger partial charge in [0, 0.05) is 32.0 Å². The average molecular weight is 365 g/mol. The standard InChI is InChI=1S/C21H23N3O3/c1-23-14-15(12-20(23)25)21-22-18-8-3-4-9-19(18)24(21)10-11-27-17-7-5-6-16(13-17)26-2/h3-9,13,15H,10-12,14H2,1-2H3.